The number of piperidine rings is 1. The molecule has 2 heterocycles. The molecule has 0 aliphatic carbocycles. The molecule has 0 amide bonds. The van der Waals surface area contributed by atoms with Crippen molar-refractivity contribution in [3.05, 3.63) is 71.8 Å². The second-order valence-electron chi connectivity index (χ2n) is 7.67. The van der Waals surface area contributed by atoms with Crippen LogP contribution in [0.5, 0.6) is 0 Å². The molecule has 3 aromatic rings. The Balaban J connectivity index is 0.00000193. The smallest absolute Gasteiger partial charge is 0.267 e. The van der Waals surface area contributed by atoms with Crippen molar-refractivity contribution in [1.82, 2.24) is 30.8 Å². The maximum absolute atomic E-state index is 12.1. The highest BCUT2D eigenvalue weighted by atomic mass is 35.5. The van der Waals surface area contributed by atoms with E-state index in [0.717, 1.165) is 17.4 Å². The highest BCUT2D eigenvalue weighted by Gasteiger charge is 2.46. The summed E-state index contributed by atoms with van der Waals surface area (Å²) in [6.07, 6.45) is 1.68. The van der Waals surface area contributed by atoms with Gasteiger partial charge in [0.25, 0.3) is 5.16 Å². The fraction of sp³-hybridized carbons (Fsp3) is 0.381. The number of hydrogen-bond acceptors (Lipinski definition) is 8. The highest BCUT2D eigenvalue weighted by molar-refractivity contribution is 7.90. The van der Waals surface area contributed by atoms with E-state index in [1.807, 2.05) is 48.5 Å². The minimum atomic E-state index is -3.55. The molecular weight excluding hydrogens is 487 g/mol. The summed E-state index contributed by atoms with van der Waals surface area (Å²) < 4.78 is 31.7. The van der Waals surface area contributed by atoms with Crippen LogP contribution in [-0.4, -0.2) is 54.6 Å². The van der Waals surface area contributed by atoms with Gasteiger partial charge in [0, 0.05) is 32.0 Å². The minimum absolute atomic E-state index is 0. The third kappa shape index (κ3) is 5.71. The van der Waals surface area contributed by atoms with E-state index in [1.54, 1.807) is 7.11 Å². The van der Waals surface area contributed by atoms with Crippen LogP contribution in [0, 0.1) is 0 Å². The molecule has 0 bridgehead atoms. The first-order valence-corrected chi connectivity index (χ1v) is 11.9. The first kappa shape index (κ1) is 27.2. The van der Waals surface area contributed by atoms with E-state index >= 15 is 0 Å². The Morgan fingerprint density at radius 2 is 1.76 bits per heavy atom. The number of rotatable bonds is 7. The zero-order valence-electron chi connectivity index (χ0n) is 18.3. The fourth-order valence-corrected chi connectivity index (χ4v) is 4.85. The molecule has 1 aliphatic rings. The highest BCUT2D eigenvalue weighted by Crippen LogP contribution is 2.35. The zero-order chi connectivity index (χ0) is 21.9. The Hall–Kier alpha value is -2.08. The second kappa shape index (κ2) is 11.4. The predicted octanol–water partition coefficient (Wildman–Crippen LogP) is 2.11. The number of nitrogens with zero attached hydrogens (tertiary/aromatic N) is 4. The molecule has 3 atom stereocenters. The Morgan fingerprint density at radius 1 is 1.12 bits per heavy atom. The summed E-state index contributed by atoms with van der Waals surface area (Å²) in [5.74, 6) is 0. The fourth-order valence-electron chi connectivity index (χ4n) is 4.14. The van der Waals surface area contributed by atoms with Gasteiger partial charge in [-0.3, -0.25) is 5.32 Å². The van der Waals surface area contributed by atoms with Crippen molar-refractivity contribution < 1.29 is 13.2 Å². The van der Waals surface area contributed by atoms with Crippen LogP contribution in [0.15, 0.2) is 65.8 Å². The van der Waals surface area contributed by atoms with Crippen LogP contribution in [0.1, 0.15) is 23.6 Å². The lowest BCUT2D eigenvalue weighted by Crippen LogP contribution is -2.63. The summed E-state index contributed by atoms with van der Waals surface area (Å²) in [5.41, 5.74) is 1.34. The number of nitrogens with one attached hydrogen (secondary N) is 2. The quantitative estimate of drug-likeness (QED) is 0.493. The van der Waals surface area contributed by atoms with Crippen molar-refractivity contribution in [2.45, 2.75) is 35.9 Å². The normalized spacial score (nSPS) is 22.7. The van der Waals surface area contributed by atoms with Crippen LogP contribution >= 0.6 is 24.8 Å². The zero-order valence-corrected chi connectivity index (χ0v) is 20.7. The van der Waals surface area contributed by atoms with Crippen LogP contribution in [0.2, 0.25) is 0 Å². The van der Waals surface area contributed by atoms with E-state index in [-0.39, 0.29) is 42.1 Å². The van der Waals surface area contributed by atoms with Gasteiger partial charge < -0.3 is 10.1 Å². The molecule has 12 heteroatoms. The molecule has 1 unspecified atom stereocenters. The van der Waals surface area contributed by atoms with Crippen molar-refractivity contribution in [1.29, 1.82) is 0 Å². The Bertz CT molecular complexity index is 1120. The Labute approximate surface area is 206 Å². The van der Waals surface area contributed by atoms with Crippen LogP contribution in [0.25, 0.3) is 0 Å². The van der Waals surface area contributed by atoms with E-state index in [9.17, 15) is 8.42 Å². The molecule has 1 aromatic heterocycles. The number of ether oxygens (including phenoxy) is 1. The van der Waals surface area contributed by atoms with Crippen molar-refractivity contribution in [3.8, 4) is 0 Å². The van der Waals surface area contributed by atoms with Gasteiger partial charge >= 0.3 is 0 Å². The average molecular weight is 515 g/mol. The van der Waals surface area contributed by atoms with Gasteiger partial charge in [-0.2, -0.15) is 0 Å². The summed E-state index contributed by atoms with van der Waals surface area (Å²) >= 11 is 0. The van der Waals surface area contributed by atoms with Crippen LogP contribution in [0.3, 0.4) is 0 Å². The Kier molecular flexibility index (Phi) is 9.36. The summed E-state index contributed by atoms with van der Waals surface area (Å²) in [5, 5.41) is 18.3. The number of hydrogen-bond donors (Lipinski definition) is 2. The largest absolute Gasteiger partial charge is 0.358 e. The number of methoxy groups -OCH3 is 1. The van der Waals surface area contributed by atoms with Gasteiger partial charge in [0.15, 0.2) is 5.72 Å². The molecule has 9 nitrogen and oxygen atoms in total. The molecule has 180 valence electrons. The predicted molar refractivity (Wildman–Crippen MR) is 129 cm³/mol. The van der Waals surface area contributed by atoms with Gasteiger partial charge in [0.1, 0.15) is 0 Å². The van der Waals surface area contributed by atoms with Gasteiger partial charge in [-0.1, -0.05) is 65.8 Å². The lowest BCUT2D eigenvalue weighted by Gasteiger charge is -2.47. The van der Waals surface area contributed by atoms with Gasteiger partial charge in [0.05, 0.1) is 12.1 Å². The average Bonchev–Trinajstić information content (AvgIpc) is 3.29. The standard InChI is InChI=1S/C21H26N6O3S.2ClH/c1-30-21(17-11-7-4-8-12-17)19(22-14-16-9-5-3-6-10-16)13-18(15-23-21)27-20(24-25-26-27)31(2,28)29;;/h3-12,18-19,22-23H,13-15H2,1-2H3;2*1H/t18?,19-,21-;;/m0../s1. The van der Waals surface area contributed by atoms with Crippen molar-refractivity contribution in [3.63, 3.8) is 0 Å². The van der Waals surface area contributed by atoms with Crippen LogP contribution in [-0.2, 0) is 26.8 Å². The first-order chi connectivity index (χ1) is 14.9. The Morgan fingerprint density at radius 3 is 2.36 bits per heavy atom. The molecular formula is C21H28Cl2N6O3S. The van der Waals surface area contributed by atoms with Crippen LogP contribution < -0.4 is 10.6 Å². The van der Waals surface area contributed by atoms with E-state index in [1.165, 1.54) is 4.68 Å². The number of sulfone groups is 1. The van der Waals surface area contributed by atoms with Crippen LogP contribution in [0.4, 0.5) is 0 Å². The maximum Gasteiger partial charge on any atom is 0.267 e. The van der Waals surface area contributed by atoms with Gasteiger partial charge in [0.2, 0.25) is 9.84 Å². The number of aromatic nitrogens is 4. The first-order valence-electron chi connectivity index (χ1n) is 10.0. The monoisotopic (exact) mass is 514 g/mol. The lowest BCUT2D eigenvalue weighted by atomic mass is 9.85. The summed E-state index contributed by atoms with van der Waals surface area (Å²) in [6, 6.07) is 19.6. The third-order valence-electron chi connectivity index (χ3n) is 5.66. The second-order valence-corrected chi connectivity index (χ2v) is 9.58. The molecule has 1 aliphatic heterocycles. The summed E-state index contributed by atoms with van der Waals surface area (Å²) in [4.78, 5) is 0. The van der Waals surface area contributed by atoms with Crippen molar-refractivity contribution in [2.24, 2.45) is 0 Å². The number of benzene rings is 2. The molecule has 0 radical (unpaired) electrons. The number of halogens is 2. The lowest BCUT2D eigenvalue weighted by molar-refractivity contribution is -0.0994. The minimum Gasteiger partial charge on any atom is -0.358 e. The molecule has 2 N–H and O–H groups in total. The van der Waals surface area contributed by atoms with E-state index in [4.69, 9.17) is 4.74 Å². The maximum atomic E-state index is 12.1. The molecule has 2 aromatic carbocycles. The summed E-state index contributed by atoms with van der Waals surface area (Å²) in [7, 11) is -1.87. The number of tetrazole rings is 1. The molecule has 0 saturated carbocycles. The molecule has 4 rings (SSSR count). The third-order valence-corrected chi connectivity index (χ3v) is 6.59. The van der Waals surface area contributed by atoms with Crippen molar-refractivity contribution >= 4 is 34.7 Å². The molecule has 1 fully saturated rings. The molecule has 33 heavy (non-hydrogen) atoms. The van der Waals surface area contributed by atoms with E-state index in [2.05, 4.69) is 38.3 Å². The summed E-state index contributed by atoms with van der Waals surface area (Å²) in [6.45, 7) is 1.08. The van der Waals surface area contributed by atoms with E-state index < -0.39 is 15.6 Å². The van der Waals surface area contributed by atoms with Gasteiger partial charge in [-0.25, -0.2) is 13.1 Å². The molecule has 1 saturated heterocycles. The molecule has 0 spiro atoms. The van der Waals surface area contributed by atoms with Gasteiger partial charge in [-0.05, 0) is 22.4 Å². The SMILES string of the molecule is CO[C@]1(c2ccccc2)NCC(n2nnnc2S(C)(=O)=O)C[C@@H]1NCc1ccccc1.Cl.Cl. The topological polar surface area (TPSA) is 111 Å². The van der Waals surface area contributed by atoms with E-state index in [0.29, 0.717) is 19.5 Å². The van der Waals surface area contributed by atoms with Gasteiger partial charge in [-0.15, -0.1) is 24.8 Å². The van der Waals surface area contributed by atoms with Crippen molar-refractivity contribution in [2.75, 3.05) is 19.9 Å².